The highest BCUT2D eigenvalue weighted by Crippen LogP contribution is 2.15. The highest BCUT2D eigenvalue weighted by Gasteiger charge is 2.06. The van der Waals surface area contributed by atoms with E-state index in [0.29, 0.717) is 11.6 Å². The molecule has 2 N–H and O–H groups in total. The van der Waals surface area contributed by atoms with Crippen molar-refractivity contribution in [2.75, 3.05) is 10.6 Å². The number of urea groups is 1. The number of hydrogen-bond acceptors (Lipinski definition) is 4. The van der Waals surface area contributed by atoms with E-state index in [0.717, 1.165) is 11.3 Å². The Morgan fingerprint density at radius 2 is 1.96 bits per heavy atom. The SMILES string of the molecule is Cc1ccc(NC(=O)Nc2cc(-n3cccn3)ncn2)cc1C. The molecular formula is C16H16N6O. The minimum Gasteiger partial charge on any atom is -0.308 e. The highest BCUT2D eigenvalue weighted by atomic mass is 16.2. The quantitative estimate of drug-likeness (QED) is 0.779. The zero-order chi connectivity index (χ0) is 16.2. The number of aromatic nitrogens is 4. The summed E-state index contributed by atoms with van der Waals surface area (Å²) >= 11 is 0. The minimum absolute atomic E-state index is 0.363. The average Bonchev–Trinajstić information content (AvgIpc) is 3.05. The largest absolute Gasteiger partial charge is 0.324 e. The predicted octanol–water partition coefficient (Wildman–Crippen LogP) is 2.92. The summed E-state index contributed by atoms with van der Waals surface area (Å²) in [6.45, 7) is 4.02. The summed E-state index contributed by atoms with van der Waals surface area (Å²) in [7, 11) is 0. The van der Waals surface area contributed by atoms with Gasteiger partial charge in [0.15, 0.2) is 5.82 Å². The molecule has 0 aliphatic carbocycles. The van der Waals surface area contributed by atoms with Crippen LogP contribution < -0.4 is 10.6 Å². The molecule has 0 spiro atoms. The molecule has 116 valence electrons. The van der Waals surface area contributed by atoms with Gasteiger partial charge in [-0.2, -0.15) is 5.10 Å². The lowest BCUT2D eigenvalue weighted by Gasteiger charge is -2.09. The second-order valence-electron chi connectivity index (χ2n) is 5.09. The van der Waals surface area contributed by atoms with Crippen LogP contribution in [0.4, 0.5) is 16.3 Å². The number of nitrogens with one attached hydrogen (secondary N) is 2. The van der Waals surface area contributed by atoms with Crippen molar-refractivity contribution >= 4 is 17.5 Å². The van der Waals surface area contributed by atoms with Crippen molar-refractivity contribution in [1.82, 2.24) is 19.7 Å². The Morgan fingerprint density at radius 1 is 1.09 bits per heavy atom. The maximum atomic E-state index is 12.1. The second kappa shape index (κ2) is 6.27. The van der Waals surface area contributed by atoms with Gasteiger partial charge in [0, 0.05) is 24.1 Å². The van der Waals surface area contributed by atoms with Crippen LogP contribution in [0.1, 0.15) is 11.1 Å². The highest BCUT2D eigenvalue weighted by molar-refractivity contribution is 5.99. The van der Waals surface area contributed by atoms with Gasteiger partial charge in [-0.15, -0.1) is 0 Å². The lowest BCUT2D eigenvalue weighted by atomic mass is 10.1. The normalized spacial score (nSPS) is 10.3. The summed E-state index contributed by atoms with van der Waals surface area (Å²) in [4.78, 5) is 20.2. The molecule has 1 aromatic carbocycles. The molecule has 7 heteroatoms. The smallest absolute Gasteiger partial charge is 0.308 e. The molecule has 2 heterocycles. The molecule has 0 radical (unpaired) electrons. The Bertz CT molecular complexity index is 828. The van der Waals surface area contributed by atoms with Gasteiger partial charge in [-0.3, -0.25) is 5.32 Å². The van der Waals surface area contributed by atoms with Gasteiger partial charge in [0.25, 0.3) is 0 Å². The van der Waals surface area contributed by atoms with Crippen LogP contribution >= 0.6 is 0 Å². The van der Waals surface area contributed by atoms with E-state index in [4.69, 9.17) is 0 Å². The summed E-state index contributed by atoms with van der Waals surface area (Å²) in [6, 6.07) is 8.82. The summed E-state index contributed by atoms with van der Waals surface area (Å²) in [5.41, 5.74) is 3.02. The molecule has 0 bridgehead atoms. The molecule has 3 rings (SSSR count). The van der Waals surface area contributed by atoms with Gasteiger partial charge in [-0.05, 0) is 43.2 Å². The lowest BCUT2D eigenvalue weighted by molar-refractivity contribution is 0.262. The van der Waals surface area contributed by atoms with Crippen molar-refractivity contribution in [1.29, 1.82) is 0 Å². The van der Waals surface area contributed by atoms with Gasteiger partial charge < -0.3 is 5.32 Å². The molecule has 23 heavy (non-hydrogen) atoms. The monoisotopic (exact) mass is 308 g/mol. The minimum atomic E-state index is -0.363. The fourth-order valence-corrected chi connectivity index (χ4v) is 2.04. The first-order valence-corrected chi connectivity index (χ1v) is 7.09. The van der Waals surface area contributed by atoms with Crippen molar-refractivity contribution in [3.8, 4) is 5.82 Å². The number of anilines is 2. The summed E-state index contributed by atoms with van der Waals surface area (Å²) in [6.07, 6.45) is 4.80. The third-order valence-electron chi connectivity index (χ3n) is 3.40. The van der Waals surface area contributed by atoms with Gasteiger partial charge >= 0.3 is 6.03 Å². The van der Waals surface area contributed by atoms with Crippen LogP contribution in [0.3, 0.4) is 0 Å². The molecule has 0 aliphatic heterocycles. The van der Waals surface area contributed by atoms with E-state index in [1.807, 2.05) is 32.0 Å². The zero-order valence-corrected chi connectivity index (χ0v) is 12.8. The van der Waals surface area contributed by atoms with Gasteiger partial charge in [-0.1, -0.05) is 6.07 Å². The van der Waals surface area contributed by atoms with E-state index in [1.54, 1.807) is 29.2 Å². The van der Waals surface area contributed by atoms with Crippen LogP contribution in [0.5, 0.6) is 0 Å². The first kappa shape index (κ1) is 14.7. The number of amides is 2. The number of carbonyl (C=O) groups excluding carboxylic acids is 1. The van der Waals surface area contributed by atoms with Gasteiger partial charge in [0.05, 0.1) is 0 Å². The first-order chi connectivity index (χ1) is 11.1. The van der Waals surface area contributed by atoms with Crippen LogP contribution in [-0.4, -0.2) is 25.8 Å². The van der Waals surface area contributed by atoms with Crippen molar-refractivity contribution < 1.29 is 4.79 Å². The van der Waals surface area contributed by atoms with E-state index < -0.39 is 0 Å². The molecule has 0 aliphatic rings. The van der Waals surface area contributed by atoms with Crippen molar-refractivity contribution in [2.45, 2.75) is 13.8 Å². The Hall–Kier alpha value is -3.22. The fourth-order valence-electron chi connectivity index (χ4n) is 2.04. The maximum Gasteiger partial charge on any atom is 0.324 e. The lowest BCUT2D eigenvalue weighted by Crippen LogP contribution is -2.20. The van der Waals surface area contributed by atoms with Gasteiger partial charge in [-0.25, -0.2) is 19.4 Å². The Kier molecular flexibility index (Phi) is 4.01. The van der Waals surface area contributed by atoms with E-state index in [-0.39, 0.29) is 6.03 Å². The summed E-state index contributed by atoms with van der Waals surface area (Å²) in [5, 5.41) is 9.55. The number of rotatable bonds is 3. The fraction of sp³-hybridized carbons (Fsp3) is 0.125. The van der Waals surface area contributed by atoms with Crippen LogP contribution in [0.15, 0.2) is 49.1 Å². The Labute approximate surface area is 133 Å². The maximum absolute atomic E-state index is 12.1. The number of nitrogens with zero attached hydrogens (tertiary/aromatic N) is 4. The van der Waals surface area contributed by atoms with Crippen LogP contribution in [0.25, 0.3) is 5.82 Å². The standard InChI is InChI=1S/C16H16N6O/c1-11-4-5-13(8-12(11)2)20-16(23)21-14-9-15(18-10-17-14)22-7-3-6-19-22/h3-10H,1-2H3,(H2,17,18,20,21,23). The summed E-state index contributed by atoms with van der Waals surface area (Å²) < 4.78 is 1.59. The third kappa shape index (κ3) is 3.52. The number of hydrogen-bond donors (Lipinski definition) is 2. The third-order valence-corrected chi connectivity index (χ3v) is 3.40. The van der Waals surface area contributed by atoms with Gasteiger partial charge in [0.2, 0.25) is 0 Å². The summed E-state index contributed by atoms with van der Waals surface area (Å²) in [5.74, 6) is 0.971. The molecule has 2 aromatic heterocycles. The number of benzene rings is 1. The molecule has 0 saturated carbocycles. The van der Waals surface area contributed by atoms with Crippen molar-refractivity contribution in [3.63, 3.8) is 0 Å². The Morgan fingerprint density at radius 3 is 2.70 bits per heavy atom. The van der Waals surface area contributed by atoms with Gasteiger partial charge in [0.1, 0.15) is 12.1 Å². The molecule has 0 unspecified atom stereocenters. The van der Waals surface area contributed by atoms with Crippen LogP contribution in [-0.2, 0) is 0 Å². The molecule has 0 atom stereocenters. The molecule has 7 nitrogen and oxygen atoms in total. The molecule has 2 amide bonds. The Balaban J connectivity index is 1.70. The first-order valence-electron chi connectivity index (χ1n) is 7.09. The number of aryl methyl sites for hydroxylation is 2. The molecule has 0 fully saturated rings. The van der Waals surface area contributed by atoms with E-state index >= 15 is 0 Å². The zero-order valence-electron chi connectivity index (χ0n) is 12.8. The number of carbonyl (C=O) groups is 1. The molecule has 0 saturated heterocycles. The predicted molar refractivity (Wildman–Crippen MR) is 87.7 cm³/mol. The van der Waals surface area contributed by atoms with Crippen LogP contribution in [0.2, 0.25) is 0 Å². The molecular weight excluding hydrogens is 292 g/mol. The van der Waals surface area contributed by atoms with E-state index in [1.165, 1.54) is 11.9 Å². The second-order valence-corrected chi connectivity index (χ2v) is 5.09. The van der Waals surface area contributed by atoms with E-state index in [9.17, 15) is 4.79 Å². The van der Waals surface area contributed by atoms with E-state index in [2.05, 4.69) is 25.7 Å². The van der Waals surface area contributed by atoms with Crippen LogP contribution in [0, 0.1) is 13.8 Å². The van der Waals surface area contributed by atoms with Crippen molar-refractivity contribution in [3.05, 3.63) is 60.2 Å². The van der Waals surface area contributed by atoms with Crippen molar-refractivity contribution in [2.24, 2.45) is 0 Å². The average molecular weight is 308 g/mol. The molecule has 3 aromatic rings. The topological polar surface area (TPSA) is 84.7 Å².